The normalized spacial score (nSPS) is 10.4. The van der Waals surface area contributed by atoms with Crippen molar-refractivity contribution >= 4 is 29.0 Å². The molecule has 0 atom stereocenters. The van der Waals surface area contributed by atoms with Crippen LogP contribution < -0.4 is 10.1 Å². The number of hydrogen-bond acceptors (Lipinski definition) is 3. The van der Waals surface area contributed by atoms with Gasteiger partial charge < -0.3 is 10.1 Å². The second-order valence-electron chi connectivity index (χ2n) is 6.50. The van der Waals surface area contributed by atoms with Gasteiger partial charge >= 0.3 is 0 Å². The molecule has 1 N–H and O–H groups in total. The van der Waals surface area contributed by atoms with Gasteiger partial charge in [0.25, 0.3) is 5.91 Å². The Kier molecular flexibility index (Phi) is 6.12. The average molecular weight is 394 g/mol. The Balaban J connectivity index is 1.62. The van der Waals surface area contributed by atoms with E-state index in [1.807, 2.05) is 26.0 Å². The van der Waals surface area contributed by atoms with Gasteiger partial charge in [-0.2, -0.15) is 0 Å². The molecule has 3 rings (SSSR count). The van der Waals surface area contributed by atoms with E-state index in [1.165, 1.54) is 0 Å². The number of nitrogens with one attached hydrogen (secondary N) is 1. The maximum atomic E-state index is 12.4. The topological polar surface area (TPSA) is 55.4 Å². The summed E-state index contributed by atoms with van der Waals surface area (Å²) in [5.74, 6) is 0.157. The van der Waals surface area contributed by atoms with E-state index in [9.17, 15) is 9.59 Å². The molecule has 3 aromatic carbocycles. The van der Waals surface area contributed by atoms with Gasteiger partial charge in [-0.3, -0.25) is 9.59 Å². The van der Waals surface area contributed by atoms with Gasteiger partial charge in [-0.05, 0) is 67.4 Å². The molecule has 28 heavy (non-hydrogen) atoms. The molecule has 142 valence electrons. The lowest BCUT2D eigenvalue weighted by molar-refractivity contribution is 0.0920. The Labute approximate surface area is 169 Å². The third-order valence-electron chi connectivity index (χ3n) is 4.40. The maximum absolute atomic E-state index is 12.4. The highest BCUT2D eigenvalue weighted by Crippen LogP contribution is 2.19. The Morgan fingerprint density at radius 2 is 1.61 bits per heavy atom. The Morgan fingerprint density at radius 1 is 0.893 bits per heavy atom. The number of carbonyl (C=O) groups is 2. The molecular formula is C23H20ClNO3. The molecule has 0 unspecified atom stereocenters. The summed E-state index contributed by atoms with van der Waals surface area (Å²) >= 11 is 5.84. The molecule has 5 heteroatoms. The van der Waals surface area contributed by atoms with Crippen molar-refractivity contribution in [3.05, 3.63) is 94.0 Å². The number of ketones is 1. The van der Waals surface area contributed by atoms with Crippen LogP contribution in [0.15, 0.2) is 66.7 Å². The first-order chi connectivity index (χ1) is 13.4. The van der Waals surface area contributed by atoms with Crippen molar-refractivity contribution in [3.8, 4) is 5.75 Å². The second kappa shape index (κ2) is 8.72. The monoisotopic (exact) mass is 393 g/mol. The summed E-state index contributed by atoms with van der Waals surface area (Å²) in [6, 6.07) is 19.2. The number of rotatable bonds is 6. The van der Waals surface area contributed by atoms with Crippen molar-refractivity contribution in [2.24, 2.45) is 0 Å². The van der Waals surface area contributed by atoms with Crippen LogP contribution in [-0.2, 0) is 0 Å². The van der Waals surface area contributed by atoms with Crippen LogP contribution in [0.5, 0.6) is 5.75 Å². The van der Waals surface area contributed by atoms with E-state index in [-0.39, 0.29) is 18.3 Å². The summed E-state index contributed by atoms with van der Waals surface area (Å²) in [4.78, 5) is 24.6. The molecule has 0 radical (unpaired) electrons. The second-order valence-corrected chi connectivity index (χ2v) is 6.94. The van der Waals surface area contributed by atoms with Crippen LogP contribution in [0, 0.1) is 13.8 Å². The SMILES string of the molecule is Cc1ccc(C(=O)COc2cccc(NC(=O)c3ccc(Cl)cc3)c2)cc1C. The van der Waals surface area contributed by atoms with Crippen LogP contribution in [0.1, 0.15) is 31.8 Å². The van der Waals surface area contributed by atoms with Crippen LogP contribution >= 0.6 is 11.6 Å². The van der Waals surface area contributed by atoms with Crippen molar-refractivity contribution in [2.45, 2.75) is 13.8 Å². The summed E-state index contributed by atoms with van der Waals surface area (Å²) < 4.78 is 5.62. The number of carbonyl (C=O) groups excluding carboxylic acids is 2. The standard InChI is InChI=1S/C23H20ClNO3/c1-15-6-7-18(12-16(15)2)22(26)14-28-21-5-3-4-20(13-21)25-23(27)17-8-10-19(24)11-9-17/h3-13H,14H2,1-2H3,(H,25,27). The van der Waals surface area contributed by atoms with Gasteiger partial charge in [0.1, 0.15) is 5.75 Å². The van der Waals surface area contributed by atoms with E-state index in [1.54, 1.807) is 54.6 Å². The third-order valence-corrected chi connectivity index (χ3v) is 4.65. The molecule has 0 spiro atoms. The van der Waals surface area contributed by atoms with E-state index >= 15 is 0 Å². The van der Waals surface area contributed by atoms with Crippen molar-refractivity contribution in [3.63, 3.8) is 0 Å². The highest BCUT2D eigenvalue weighted by molar-refractivity contribution is 6.30. The molecule has 0 saturated heterocycles. The van der Waals surface area contributed by atoms with E-state index in [4.69, 9.17) is 16.3 Å². The van der Waals surface area contributed by atoms with Crippen LogP contribution in [0.3, 0.4) is 0 Å². The van der Waals surface area contributed by atoms with Gasteiger partial charge in [-0.1, -0.05) is 29.8 Å². The Morgan fingerprint density at radius 3 is 2.32 bits per heavy atom. The van der Waals surface area contributed by atoms with Gasteiger partial charge in [0.15, 0.2) is 12.4 Å². The van der Waals surface area contributed by atoms with E-state index < -0.39 is 0 Å². The van der Waals surface area contributed by atoms with Gasteiger partial charge in [-0.25, -0.2) is 0 Å². The minimum Gasteiger partial charge on any atom is -0.485 e. The smallest absolute Gasteiger partial charge is 0.255 e. The quantitative estimate of drug-likeness (QED) is 0.565. The van der Waals surface area contributed by atoms with Crippen LogP contribution in [0.25, 0.3) is 0 Å². The number of amides is 1. The van der Waals surface area contributed by atoms with Crippen molar-refractivity contribution in [1.82, 2.24) is 0 Å². The first-order valence-corrected chi connectivity index (χ1v) is 9.20. The number of ether oxygens (including phenoxy) is 1. The van der Waals surface area contributed by atoms with Crippen LogP contribution in [0.4, 0.5) is 5.69 Å². The number of hydrogen-bond donors (Lipinski definition) is 1. The number of anilines is 1. The number of Topliss-reactive ketones (excluding diaryl/α,β-unsaturated/α-hetero) is 1. The zero-order valence-electron chi connectivity index (χ0n) is 15.7. The minimum absolute atomic E-state index is 0.0723. The molecule has 1 amide bonds. The first kappa shape index (κ1) is 19.6. The van der Waals surface area contributed by atoms with Crippen molar-refractivity contribution in [1.29, 1.82) is 0 Å². The lowest BCUT2D eigenvalue weighted by Gasteiger charge is -2.10. The minimum atomic E-state index is -0.250. The zero-order chi connectivity index (χ0) is 20.1. The van der Waals surface area contributed by atoms with Crippen molar-refractivity contribution < 1.29 is 14.3 Å². The molecule has 0 aliphatic carbocycles. The molecule has 0 fully saturated rings. The third kappa shape index (κ3) is 4.99. The lowest BCUT2D eigenvalue weighted by atomic mass is 10.0. The summed E-state index contributed by atoms with van der Waals surface area (Å²) in [7, 11) is 0. The van der Waals surface area contributed by atoms with Crippen LogP contribution in [-0.4, -0.2) is 18.3 Å². The molecular weight excluding hydrogens is 374 g/mol. The average Bonchev–Trinajstić information content (AvgIpc) is 2.69. The molecule has 4 nitrogen and oxygen atoms in total. The highest BCUT2D eigenvalue weighted by Gasteiger charge is 2.10. The molecule has 0 aliphatic heterocycles. The van der Waals surface area contributed by atoms with Gasteiger partial charge in [-0.15, -0.1) is 0 Å². The summed E-state index contributed by atoms with van der Waals surface area (Å²) in [6.07, 6.45) is 0. The Bertz CT molecular complexity index is 1010. The predicted octanol–water partition coefficient (Wildman–Crippen LogP) is 5.47. The fraction of sp³-hybridized carbons (Fsp3) is 0.130. The molecule has 3 aromatic rings. The Hall–Kier alpha value is -3.11. The van der Waals surface area contributed by atoms with E-state index in [0.29, 0.717) is 27.6 Å². The van der Waals surface area contributed by atoms with Gasteiger partial charge in [0.05, 0.1) is 0 Å². The maximum Gasteiger partial charge on any atom is 0.255 e. The summed E-state index contributed by atoms with van der Waals surface area (Å²) in [5, 5.41) is 3.37. The molecule has 0 aromatic heterocycles. The number of aryl methyl sites for hydroxylation is 2. The summed E-state index contributed by atoms with van der Waals surface area (Å²) in [6.45, 7) is 3.90. The zero-order valence-corrected chi connectivity index (χ0v) is 16.4. The van der Waals surface area contributed by atoms with Crippen LogP contribution in [0.2, 0.25) is 5.02 Å². The molecule has 0 bridgehead atoms. The largest absolute Gasteiger partial charge is 0.485 e. The lowest BCUT2D eigenvalue weighted by Crippen LogP contribution is -2.13. The number of halogens is 1. The molecule has 0 heterocycles. The van der Waals surface area contributed by atoms with Gasteiger partial charge in [0, 0.05) is 27.9 Å². The highest BCUT2D eigenvalue weighted by atomic mass is 35.5. The molecule has 0 saturated carbocycles. The predicted molar refractivity (Wildman–Crippen MR) is 112 cm³/mol. The van der Waals surface area contributed by atoms with Gasteiger partial charge in [0.2, 0.25) is 0 Å². The fourth-order valence-corrected chi connectivity index (χ4v) is 2.74. The summed E-state index contributed by atoms with van der Waals surface area (Å²) in [5.41, 5.74) is 3.91. The van der Waals surface area contributed by atoms with E-state index in [2.05, 4.69) is 5.32 Å². The van der Waals surface area contributed by atoms with Crippen molar-refractivity contribution in [2.75, 3.05) is 11.9 Å². The molecule has 0 aliphatic rings. The van der Waals surface area contributed by atoms with E-state index in [0.717, 1.165) is 11.1 Å². The fourth-order valence-electron chi connectivity index (χ4n) is 2.62. The first-order valence-electron chi connectivity index (χ1n) is 8.82. The number of benzene rings is 3.